The Morgan fingerprint density at radius 1 is 1.30 bits per heavy atom. The van der Waals surface area contributed by atoms with E-state index in [1.165, 1.54) is 11.9 Å². The number of aliphatic hydroxyl groups excluding tert-OH is 2. The molecular weight excluding hydrogens is 585 g/mol. The second kappa shape index (κ2) is 10.8. The highest BCUT2D eigenvalue weighted by atomic mass is 19.4. The second-order valence-corrected chi connectivity index (χ2v) is 10.2. The van der Waals surface area contributed by atoms with Gasteiger partial charge in [-0.2, -0.15) is 0 Å². The highest BCUT2D eigenvalue weighted by Crippen LogP contribution is 2.55. The number of benzene rings is 1. The zero-order valence-corrected chi connectivity index (χ0v) is 22.5. The fourth-order valence-electron chi connectivity index (χ4n) is 5.98. The quantitative estimate of drug-likeness (QED) is 0.0853. The van der Waals surface area contributed by atoms with Crippen molar-refractivity contribution in [1.82, 2.24) is 4.90 Å². The summed E-state index contributed by atoms with van der Waals surface area (Å²) < 4.78 is 44.3. The molecule has 4 rings (SSSR count). The number of azide groups is 1. The van der Waals surface area contributed by atoms with Crippen LogP contribution in [0.4, 0.5) is 18.9 Å². The Morgan fingerprint density at radius 3 is 2.51 bits per heavy atom. The molecule has 7 N–H and O–H groups in total. The Kier molecular flexibility index (Phi) is 7.82. The number of aromatic hydroxyl groups is 1. The van der Waals surface area contributed by atoms with Crippen molar-refractivity contribution in [3.05, 3.63) is 44.5 Å². The number of anilines is 1. The second-order valence-electron chi connectivity index (χ2n) is 10.2. The molecule has 18 heteroatoms. The SMILES string of the molecule is CCN(C)[C@@H]1C(=O)C(C(N)=O)=C(O)[C@@]2(O)C(=O)C3=C(O)c4c(O)c(NC(=O)CN=[N+]=[N-])cc(OC(F)(F)F)c4C[C@H]3C[C@@H]12. The summed E-state index contributed by atoms with van der Waals surface area (Å²) in [4.78, 5) is 55.2. The maximum absolute atomic E-state index is 13.9. The first-order chi connectivity index (χ1) is 20.0. The molecule has 43 heavy (non-hydrogen) atoms. The number of carbonyl (C=O) groups excluding carboxylic acids is 4. The number of alkyl halides is 3. The fourth-order valence-corrected chi connectivity index (χ4v) is 5.98. The predicted molar refractivity (Wildman–Crippen MR) is 138 cm³/mol. The maximum Gasteiger partial charge on any atom is 0.573 e. The van der Waals surface area contributed by atoms with Gasteiger partial charge < -0.3 is 36.2 Å². The molecule has 0 radical (unpaired) electrons. The van der Waals surface area contributed by atoms with Crippen LogP contribution >= 0.6 is 0 Å². The van der Waals surface area contributed by atoms with Crippen molar-refractivity contribution in [3.8, 4) is 11.5 Å². The monoisotopic (exact) mass is 610 g/mol. The van der Waals surface area contributed by atoms with Crippen molar-refractivity contribution in [1.29, 1.82) is 0 Å². The van der Waals surface area contributed by atoms with Crippen LogP contribution < -0.4 is 15.8 Å². The molecule has 1 saturated carbocycles. The van der Waals surface area contributed by atoms with Gasteiger partial charge in [-0.05, 0) is 37.9 Å². The largest absolute Gasteiger partial charge is 0.573 e. The number of ether oxygens (including phenoxy) is 1. The van der Waals surface area contributed by atoms with E-state index in [1.807, 2.05) is 5.32 Å². The molecule has 2 amide bonds. The number of phenolic OH excluding ortho intramolecular Hbond substituents is 1. The van der Waals surface area contributed by atoms with Crippen molar-refractivity contribution in [2.45, 2.75) is 37.8 Å². The topological polar surface area (TPSA) is 248 Å². The minimum atomic E-state index is -5.29. The summed E-state index contributed by atoms with van der Waals surface area (Å²) >= 11 is 0. The van der Waals surface area contributed by atoms with E-state index in [0.717, 1.165) is 0 Å². The number of primary amides is 1. The van der Waals surface area contributed by atoms with E-state index < -0.39 is 117 Å². The zero-order chi connectivity index (χ0) is 32.2. The standard InChI is InChI=1S/C25H25F3N6O9/c1-3-34(2)17-10-5-8-4-9-12(43-25(26,27)28)6-11(32-13(35)7-31-33-30)18(36)15(9)19(37)14(8)21(39)24(10,42)22(40)16(20(17)38)23(29)41/h6,8,10,17,36-37,40,42H,3-5,7H2,1-2H3,(H2,29,41)(H,32,35)/t8-,10-,17-,24-/m0/s1. The van der Waals surface area contributed by atoms with Gasteiger partial charge in [0.05, 0.1) is 17.3 Å². The number of hydrogen-bond acceptors (Lipinski definition) is 11. The van der Waals surface area contributed by atoms with E-state index >= 15 is 0 Å². The van der Waals surface area contributed by atoms with Crippen LogP contribution in [0.15, 0.2) is 28.1 Å². The summed E-state index contributed by atoms with van der Waals surface area (Å²) in [5.41, 5.74) is 7.19. The lowest BCUT2D eigenvalue weighted by atomic mass is 9.57. The molecule has 0 unspecified atom stereocenters. The molecule has 0 bridgehead atoms. The van der Waals surface area contributed by atoms with Gasteiger partial charge >= 0.3 is 6.36 Å². The van der Waals surface area contributed by atoms with Crippen LogP contribution in [0.3, 0.4) is 0 Å². The lowest BCUT2D eigenvalue weighted by Crippen LogP contribution is -2.66. The Hall–Kier alpha value is -4.80. The highest BCUT2D eigenvalue weighted by Gasteiger charge is 2.64. The van der Waals surface area contributed by atoms with Gasteiger partial charge in [0.2, 0.25) is 11.7 Å². The molecule has 0 spiro atoms. The predicted octanol–water partition coefficient (Wildman–Crippen LogP) is 1.50. The van der Waals surface area contributed by atoms with Gasteiger partial charge in [-0.3, -0.25) is 24.1 Å². The lowest BCUT2D eigenvalue weighted by Gasteiger charge is -2.50. The number of fused-ring (bicyclic) bond motifs is 3. The molecule has 0 aliphatic heterocycles. The third-order valence-electron chi connectivity index (χ3n) is 7.87. The number of ketones is 2. The molecule has 0 heterocycles. The third-order valence-corrected chi connectivity index (χ3v) is 7.87. The number of aliphatic hydroxyl groups is 3. The lowest BCUT2D eigenvalue weighted by molar-refractivity contribution is -0.275. The summed E-state index contributed by atoms with van der Waals surface area (Å²) in [6.07, 6.45) is -6.15. The van der Waals surface area contributed by atoms with Gasteiger partial charge in [0.15, 0.2) is 17.1 Å². The molecule has 230 valence electrons. The van der Waals surface area contributed by atoms with Gasteiger partial charge in [0, 0.05) is 28.0 Å². The van der Waals surface area contributed by atoms with Gasteiger partial charge in [-0.25, -0.2) is 0 Å². The number of phenols is 1. The van der Waals surface area contributed by atoms with Crippen molar-refractivity contribution < 1.29 is 57.5 Å². The first-order valence-electron chi connectivity index (χ1n) is 12.6. The summed E-state index contributed by atoms with van der Waals surface area (Å²) in [7, 11) is 1.44. The van der Waals surface area contributed by atoms with Crippen LogP contribution in [0.25, 0.3) is 16.2 Å². The first-order valence-corrected chi connectivity index (χ1v) is 12.6. The molecular formula is C25H25F3N6O9. The molecule has 0 saturated heterocycles. The molecule has 15 nitrogen and oxygen atoms in total. The molecule has 3 aliphatic rings. The van der Waals surface area contributed by atoms with Crippen molar-refractivity contribution in [2.24, 2.45) is 22.7 Å². The highest BCUT2D eigenvalue weighted by molar-refractivity contribution is 6.24. The zero-order valence-electron chi connectivity index (χ0n) is 22.5. The smallest absolute Gasteiger partial charge is 0.508 e. The summed E-state index contributed by atoms with van der Waals surface area (Å²) in [6.45, 7) is 0.973. The minimum Gasteiger partial charge on any atom is -0.508 e. The molecule has 0 aromatic heterocycles. The van der Waals surface area contributed by atoms with Crippen molar-refractivity contribution in [2.75, 3.05) is 25.5 Å². The van der Waals surface area contributed by atoms with E-state index in [9.17, 15) is 52.8 Å². The Morgan fingerprint density at radius 2 is 1.95 bits per heavy atom. The summed E-state index contributed by atoms with van der Waals surface area (Å²) in [5, 5.41) is 49.8. The van der Waals surface area contributed by atoms with Gasteiger partial charge in [0.25, 0.3) is 5.91 Å². The number of likely N-dealkylation sites (N-methyl/N-ethyl adjacent to an activating group) is 1. The Balaban J connectivity index is 1.97. The van der Waals surface area contributed by atoms with E-state index in [0.29, 0.717) is 6.07 Å². The van der Waals surface area contributed by atoms with Gasteiger partial charge in [-0.1, -0.05) is 12.0 Å². The summed E-state index contributed by atoms with van der Waals surface area (Å²) in [6, 6.07) is -0.754. The number of carbonyl (C=O) groups is 4. The van der Waals surface area contributed by atoms with E-state index in [1.54, 1.807) is 6.92 Å². The van der Waals surface area contributed by atoms with Crippen LogP contribution in [0.2, 0.25) is 0 Å². The number of halogens is 3. The number of nitrogens with one attached hydrogen (secondary N) is 1. The van der Waals surface area contributed by atoms with Crippen LogP contribution in [-0.2, 0) is 25.6 Å². The number of Topliss-reactive ketones (excluding diaryl/α,β-unsaturated/α-hetero) is 2. The summed E-state index contributed by atoms with van der Waals surface area (Å²) in [5.74, 6) is -11.9. The average molecular weight is 611 g/mol. The normalized spacial score (nSPS) is 25.0. The molecule has 3 aliphatic carbocycles. The van der Waals surface area contributed by atoms with E-state index in [-0.39, 0.29) is 13.0 Å². The number of nitrogens with zero attached hydrogens (tertiary/aromatic N) is 4. The molecule has 4 atom stereocenters. The van der Waals surface area contributed by atoms with Crippen molar-refractivity contribution in [3.63, 3.8) is 0 Å². The first kappa shape index (κ1) is 31.1. The molecule has 1 fully saturated rings. The Labute approximate surface area is 239 Å². The maximum atomic E-state index is 13.9. The van der Waals surface area contributed by atoms with Gasteiger partial charge in [0.1, 0.15) is 29.4 Å². The number of hydrogen-bond donors (Lipinski definition) is 6. The van der Waals surface area contributed by atoms with Gasteiger partial charge in [-0.15, -0.1) is 13.2 Å². The third kappa shape index (κ3) is 4.98. The van der Waals surface area contributed by atoms with Crippen molar-refractivity contribution >= 4 is 34.8 Å². The molecule has 1 aromatic carbocycles. The minimum absolute atomic E-state index is 0.164. The van der Waals surface area contributed by atoms with Crippen LogP contribution in [-0.4, -0.2) is 86.8 Å². The van der Waals surface area contributed by atoms with Crippen LogP contribution in [0, 0.1) is 11.8 Å². The van der Waals surface area contributed by atoms with E-state index in [4.69, 9.17) is 11.3 Å². The Bertz CT molecular complexity index is 1570. The van der Waals surface area contributed by atoms with E-state index in [2.05, 4.69) is 14.8 Å². The average Bonchev–Trinajstić information content (AvgIpc) is 2.90. The van der Waals surface area contributed by atoms with Crippen LogP contribution in [0.5, 0.6) is 11.5 Å². The molecule has 1 aromatic rings. The number of amides is 2. The van der Waals surface area contributed by atoms with Crippen LogP contribution in [0.1, 0.15) is 24.5 Å². The number of nitrogens with two attached hydrogens (primary N) is 1. The fraction of sp³-hybridized carbons (Fsp3) is 0.440. The number of rotatable bonds is 7.